The number of nitrogens with zero attached hydrogens (tertiary/aromatic N) is 2. The SMILES string of the molecule is CCC(C[N+](CC)(CC)Cc1cc(C)cc(C)c1)N(Cc1cc(C)cc(C)c1)S(=O)(=O)c1cccc2ccccc12. The average Bonchev–Trinajstić information content (AvgIpc) is 2.93. The molecule has 0 fully saturated rings. The Kier molecular flexibility index (Phi) is 9.73. The Morgan fingerprint density at radius 2 is 1.24 bits per heavy atom. The van der Waals surface area contributed by atoms with Crippen LogP contribution >= 0.6 is 0 Å². The number of quaternary nitrogens is 1. The van der Waals surface area contributed by atoms with E-state index in [1.54, 1.807) is 6.07 Å². The summed E-state index contributed by atoms with van der Waals surface area (Å²) in [7, 11) is -3.81. The highest BCUT2D eigenvalue weighted by molar-refractivity contribution is 7.89. The highest BCUT2D eigenvalue weighted by atomic mass is 32.2. The van der Waals surface area contributed by atoms with E-state index >= 15 is 0 Å². The van der Waals surface area contributed by atoms with Crippen molar-refractivity contribution in [2.24, 2.45) is 0 Å². The summed E-state index contributed by atoms with van der Waals surface area (Å²) < 4.78 is 32.1. The molecule has 0 aliphatic heterocycles. The topological polar surface area (TPSA) is 37.4 Å². The molecule has 5 heteroatoms. The standard InChI is InChI=1S/C36H47N2O2S/c1-8-34(26-38(9-2,10-3)25-32-22-29(6)19-30(7)23-32)37(24-31-20-27(4)18-28(5)21-31)41(39,40)36-17-13-15-33-14-11-12-16-35(33)36/h11-23,34H,8-10,24-26H2,1-7H3/q+1. The summed E-state index contributed by atoms with van der Waals surface area (Å²) in [5.74, 6) is 0. The molecule has 0 aromatic heterocycles. The van der Waals surface area contributed by atoms with Gasteiger partial charge >= 0.3 is 0 Å². The van der Waals surface area contributed by atoms with Gasteiger partial charge in [0.15, 0.2) is 0 Å². The quantitative estimate of drug-likeness (QED) is 0.161. The number of benzene rings is 4. The summed E-state index contributed by atoms with van der Waals surface area (Å²) in [4.78, 5) is 0.388. The number of hydrogen-bond donors (Lipinski definition) is 0. The van der Waals surface area contributed by atoms with Gasteiger partial charge < -0.3 is 4.48 Å². The lowest BCUT2D eigenvalue weighted by Crippen LogP contribution is -2.56. The van der Waals surface area contributed by atoms with Gasteiger partial charge in [0.05, 0.1) is 30.6 Å². The van der Waals surface area contributed by atoms with Crippen molar-refractivity contribution in [3.05, 3.63) is 112 Å². The second-order valence-corrected chi connectivity index (χ2v) is 13.8. The maximum atomic E-state index is 14.8. The van der Waals surface area contributed by atoms with E-state index in [4.69, 9.17) is 0 Å². The summed E-state index contributed by atoms with van der Waals surface area (Å²) in [5, 5.41) is 1.72. The fourth-order valence-corrected chi connectivity index (χ4v) is 8.38. The van der Waals surface area contributed by atoms with Crippen molar-refractivity contribution in [1.82, 2.24) is 4.31 Å². The minimum absolute atomic E-state index is 0.161. The van der Waals surface area contributed by atoms with Crippen molar-refractivity contribution in [3.8, 4) is 0 Å². The fraction of sp³-hybridized carbons (Fsp3) is 0.389. The molecular weight excluding hydrogens is 524 g/mol. The molecule has 0 aliphatic rings. The molecule has 0 saturated carbocycles. The van der Waals surface area contributed by atoms with Crippen LogP contribution in [0.3, 0.4) is 0 Å². The van der Waals surface area contributed by atoms with Gasteiger partial charge in [-0.3, -0.25) is 0 Å². The van der Waals surface area contributed by atoms with Crippen LogP contribution in [-0.4, -0.2) is 42.9 Å². The van der Waals surface area contributed by atoms with Crippen LogP contribution in [0.15, 0.2) is 83.8 Å². The van der Waals surface area contributed by atoms with Gasteiger partial charge in [0.2, 0.25) is 10.0 Å². The molecule has 218 valence electrons. The molecule has 0 N–H and O–H groups in total. The van der Waals surface area contributed by atoms with E-state index in [1.165, 1.54) is 16.7 Å². The van der Waals surface area contributed by atoms with E-state index in [0.717, 1.165) is 64.5 Å². The Labute approximate surface area is 248 Å². The van der Waals surface area contributed by atoms with Crippen LogP contribution in [0.25, 0.3) is 10.8 Å². The zero-order valence-electron chi connectivity index (χ0n) is 25.9. The highest BCUT2D eigenvalue weighted by Gasteiger charge is 2.37. The molecule has 1 atom stereocenters. The lowest BCUT2D eigenvalue weighted by atomic mass is 10.0. The van der Waals surface area contributed by atoms with Gasteiger partial charge in [-0.1, -0.05) is 102 Å². The second kappa shape index (κ2) is 12.9. The number of hydrogen-bond acceptors (Lipinski definition) is 2. The molecule has 0 aliphatic carbocycles. The Morgan fingerprint density at radius 1 is 0.707 bits per heavy atom. The van der Waals surface area contributed by atoms with E-state index < -0.39 is 10.0 Å². The first-order chi connectivity index (χ1) is 19.5. The molecule has 0 spiro atoms. The average molecular weight is 572 g/mol. The van der Waals surface area contributed by atoms with E-state index in [-0.39, 0.29) is 6.04 Å². The van der Waals surface area contributed by atoms with Crippen LogP contribution < -0.4 is 0 Å². The van der Waals surface area contributed by atoms with Gasteiger partial charge in [-0.05, 0) is 65.0 Å². The summed E-state index contributed by atoms with van der Waals surface area (Å²) in [6.45, 7) is 19.0. The van der Waals surface area contributed by atoms with Crippen LogP contribution in [0, 0.1) is 27.7 Å². The van der Waals surface area contributed by atoms with E-state index in [2.05, 4.69) is 84.9 Å². The van der Waals surface area contributed by atoms with Gasteiger partial charge in [0, 0.05) is 17.5 Å². The third-order valence-corrected chi connectivity index (χ3v) is 10.5. The van der Waals surface area contributed by atoms with Gasteiger partial charge in [-0.25, -0.2) is 8.42 Å². The third-order valence-electron chi connectivity index (χ3n) is 8.57. The molecular formula is C36H47N2O2S+. The second-order valence-electron chi connectivity index (χ2n) is 11.9. The number of fused-ring (bicyclic) bond motifs is 1. The van der Waals surface area contributed by atoms with Gasteiger partial charge in [0.25, 0.3) is 0 Å². The molecule has 4 nitrogen and oxygen atoms in total. The largest absolute Gasteiger partial charge is 0.319 e. The summed E-state index contributed by atoms with van der Waals surface area (Å²) in [6, 6.07) is 26.4. The molecule has 4 rings (SSSR count). The third kappa shape index (κ3) is 7.09. The molecule has 4 aromatic rings. The van der Waals surface area contributed by atoms with Crippen LogP contribution in [0.4, 0.5) is 0 Å². The normalized spacial score (nSPS) is 13.2. The number of rotatable bonds is 12. The molecule has 0 amide bonds. The predicted octanol–water partition coefficient (Wildman–Crippen LogP) is 8.10. The van der Waals surface area contributed by atoms with Gasteiger partial charge in [-0.15, -0.1) is 0 Å². The Balaban J connectivity index is 1.82. The maximum absolute atomic E-state index is 14.8. The smallest absolute Gasteiger partial charge is 0.244 e. The number of aryl methyl sites for hydroxylation is 4. The first-order valence-electron chi connectivity index (χ1n) is 15.0. The first kappa shape index (κ1) is 31.0. The van der Waals surface area contributed by atoms with Crippen LogP contribution in [0.5, 0.6) is 0 Å². The predicted molar refractivity (Wildman–Crippen MR) is 173 cm³/mol. The van der Waals surface area contributed by atoms with Crippen LogP contribution in [0.2, 0.25) is 0 Å². The monoisotopic (exact) mass is 571 g/mol. The maximum Gasteiger partial charge on any atom is 0.244 e. The molecule has 0 saturated heterocycles. The first-order valence-corrected chi connectivity index (χ1v) is 16.4. The molecule has 0 heterocycles. The Bertz CT molecular complexity index is 1560. The minimum Gasteiger partial charge on any atom is -0.319 e. The lowest BCUT2D eigenvalue weighted by molar-refractivity contribution is -0.939. The van der Waals surface area contributed by atoms with Crippen molar-refractivity contribution in [2.45, 2.75) is 78.9 Å². The van der Waals surface area contributed by atoms with Crippen molar-refractivity contribution in [1.29, 1.82) is 0 Å². The molecule has 41 heavy (non-hydrogen) atoms. The summed E-state index contributed by atoms with van der Waals surface area (Å²) >= 11 is 0. The van der Waals surface area contributed by atoms with Crippen molar-refractivity contribution < 1.29 is 12.9 Å². The van der Waals surface area contributed by atoms with Crippen molar-refractivity contribution in [3.63, 3.8) is 0 Å². The fourth-order valence-electron chi connectivity index (χ4n) is 6.49. The zero-order valence-corrected chi connectivity index (χ0v) is 26.8. The summed E-state index contributed by atoms with van der Waals surface area (Å²) in [6.07, 6.45) is 0.738. The van der Waals surface area contributed by atoms with Gasteiger partial charge in [-0.2, -0.15) is 4.31 Å². The molecule has 0 bridgehead atoms. The Hall–Kier alpha value is -2.99. The molecule has 0 radical (unpaired) electrons. The Morgan fingerprint density at radius 3 is 1.80 bits per heavy atom. The van der Waals surface area contributed by atoms with E-state index in [1.807, 2.05) is 40.7 Å². The highest BCUT2D eigenvalue weighted by Crippen LogP contribution is 2.31. The summed E-state index contributed by atoms with van der Waals surface area (Å²) in [5.41, 5.74) is 7.19. The minimum atomic E-state index is -3.81. The zero-order chi connectivity index (χ0) is 29.8. The molecule has 4 aromatic carbocycles. The number of sulfonamides is 1. The van der Waals surface area contributed by atoms with Crippen LogP contribution in [0.1, 0.15) is 60.6 Å². The van der Waals surface area contributed by atoms with Crippen molar-refractivity contribution >= 4 is 20.8 Å². The van der Waals surface area contributed by atoms with Crippen LogP contribution in [-0.2, 0) is 23.1 Å². The van der Waals surface area contributed by atoms with Crippen molar-refractivity contribution in [2.75, 3.05) is 19.6 Å². The number of likely N-dealkylation sites (N-methyl/N-ethyl adjacent to an activating group) is 1. The van der Waals surface area contributed by atoms with E-state index in [9.17, 15) is 8.42 Å². The lowest BCUT2D eigenvalue weighted by Gasteiger charge is -2.42. The van der Waals surface area contributed by atoms with Gasteiger partial charge in [0.1, 0.15) is 6.54 Å². The molecule has 1 unspecified atom stereocenters. The van der Waals surface area contributed by atoms with E-state index in [0.29, 0.717) is 11.4 Å².